The fourth-order valence-corrected chi connectivity index (χ4v) is 5.38. The van der Waals surface area contributed by atoms with E-state index in [-0.39, 0.29) is 31.2 Å². The monoisotopic (exact) mass is 552 g/mol. The number of rotatable bonds is 12. The number of hydrogen-bond donors (Lipinski definition) is 2. The highest BCUT2D eigenvalue weighted by Crippen LogP contribution is 2.42. The van der Waals surface area contributed by atoms with Gasteiger partial charge in [0.2, 0.25) is 0 Å². The van der Waals surface area contributed by atoms with E-state index in [1.807, 2.05) is 20.8 Å². The van der Waals surface area contributed by atoms with Crippen LogP contribution in [0.15, 0.2) is 0 Å². The highest BCUT2D eigenvalue weighted by atomic mass is 16.8. The van der Waals surface area contributed by atoms with E-state index in [4.69, 9.17) is 42.6 Å². The van der Waals surface area contributed by atoms with Gasteiger partial charge < -0.3 is 52.8 Å². The number of ether oxygens (including phenoxy) is 9. The summed E-state index contributed by atoms with van der Waals surface area (Å²) in [5.74, 6) is -0.162. The largest absolute Gasteiger partial charge is 0.394 e. The maximum Gasteiger partial charge on any atom is 0.187 e. The average Bonchev–Trinajstić information content (AvgIpc) is 2.81. The smallest absolute Gasteiger partial charge is 0.187 e. The molecule has 2 saturated heterocycles. The zero-order valence-corrected chi connectivity index (χ0v) is 25.0. The first kappa shape index (κ1) is 33.8. The van der Waals surface area contributed by atoms with Gasteiger partial charge in [-0.05, 0) is 33.1 Å². The molecule has 2 N–H and O–H groups in total. The summed E-state index contributed by atoms with van der Waals surface area (Å²) < 4.78 is 54.7. The molecular formula is C27H52O11. The zero-order chi connectivity index (χ0) is 28.8. The molecule has 11 unspecified atom stereocenters. The first-order chi connectivity index (χ1) is 17.7. The Labute approximate surface area is 228 Å². The van der Waals surface area contributed by atoms with E-state index in [1.165, 1.54) is 0 Å². The average molecular weight is 553 g/mol. The van der Waals surface area contributed by atoms with Gasteiger partial charge in [-0.1, -0.05) is 20.8 Å². The molecule has 11 atom stereocenters. The van der Waals surface area contributed by atoms with Crippen molar-refractivity contribution in [2.45, 2.75) is 115 Å². The molecule has 0 aromatic rings. The molecule has 0 spiro atoms. The molecule has 38 heavy (non-hydrogen) atoms. The highest BCUT2D eigenvalue weighted by molar-refractivity contribution is 4.99. The van der Waals surface area contributed by atoms with E-state index in [2.05, 4.69) is 20.8 Å². The quantitative estimate of drug-likeness (QED) is 0.368. The van der Waals surface area contributed by atoms with E-state index in [9.17, 15) is 10.2 Å². The van der Waals surface area contributed by atoms with E-state index in [0.717, 1.165) is 0 Å². The third kappa shape index (κ3) is 8.53. The normalized spacial score (nSPS) is 37.8. The Kier molecular flexibility index (Phi) is 12.8. The van der Waals surface area contributed by atoms with Crippen molar-refractivity contribution in [3.05, 3.63) is 0 Å². The van der Waals surface area contributed by atoms with Crippen molar-refractivity contribution < 1.29 is 52.8 Å². The van der Waals surface area contributed by atoms with E-state index >= 15 is 0 Å². The van der Waals surface area contributed by atoms with Crippen LogP contribution in [0.4, 0.5) is 0 Å². The maximum atomic E-state index is 10.3. The van der Waals surface area contributed by atoms with Crippen molar-refractivity contribution in [3.63, 3.8) is 0 Å². The fraction of sp³-hybridized carbons (Fsp3) is 1.00. The molecule has 11 heteroatoms. The van der Waals surface area contributed by atoms with Gasteiger partial charge in [0, 0.05) is 34.4 Å². The Morgan fingerprint density at radius 1 is 0.763 bits per heavy atom. The molecule has 2 aliphatic heterocycles. The van der Waals surface area contributed by atoms with Gasteiger partial charge in [0.15, 0.2) is 12.6 Å². The molecular weight excluding hydrogens is 500 g/mol. The number of hydrogen-bond acceptors (Lipinski definition) is 11. The SMILES string of the molecule is COCC1OC(OC(C)(C)C)C(OCC(C)O)C(OC)C1OC1OC(CO)C(C(C)(C)C)C(OC)C1OC. The first-order valence-electron chi connectivity index (χ1n) is 13.3. The molecule has 0 amide bonds. The zero-order valence-electron chi connectivity index (χ0n) is 25.0. The molecule has 0 bridgehead atoms. The Balaban J connectivity index is 2.44. The predicted molar refractivity (Wildman–Crippen MR) is 139 cm³/mol. The third-order valence-corrected chi connectivity index (χ3v) is 6.86. The van der Waals surface area contributed by atoms with Crippen molar-refractivity contribution in [2.75, 3.05) is 48.3 Å². The van der Waals surface area contributed by atoms with Crippen LogP contribution in [-0.4, -0.2) is 125 Å². The summed E-state index contributed by atoms with van der Waals surface area (Å²) in [4.78, 5) is 0. The second-order valence-electron chi connectivity index (χ2n) is 12.2. The van der Waals surface area contributed by atoms with Gasteiger partial charge in [0.25, 0.3) is 0 Å². The lowest BCUT2D eigenvalue weighted by molar-refractivity contribution is -0.375. The van der Waals surface area contributed by atoms with Gasteiger partial charge in [-0.2, -0.15) is 0 Å². The molecule has 0 aromatic carbocycles. The fourth-order valence-electron chi connectivity index (χ4n) is 5.38. The Bertz CT molecular complexity index is 677. The van der Waals surface area contributed by atoms with E-state index < -0.39 is 67.0 Å². The molecule has 2 fully saturated rings. The van der Waals surface area contributed by atoms with Gasteiger partial charge in [0.05, 0.1) is 43.7 Å². The molecule has 0 saturated carbocycles. The number of aliphatic hydroxyl groups is 2. The molecule has 0 radical (unpaired) electrons. The minimum absolute atomic E-state index is 0.0474. The van der Waals surface area contributed by atoms with Gasteiger partial charge in [-0.3, -0.25) is 0 Å². The molecule has 2 aliphatic rings. The summed E-state index contributed by atoms with van der Waals surface area (Å²) in [5, 5.41) is 20.2. The predicted octanol–water partition coefficient (Wildman–Crippen LogP) is 1.75. The van der Waals surface area contributed by atoms with Gasteiger partial charge in [-0.25, -0.2) is 0 Å². The Morgan fingerprint density at radius 2 is 1.34 bits per heavy atom. The second kappa shape index (κ2) is 14.5. The van der Waals surface area contributed by atoms with Gasteiger partial charge >= 0.3 is 0 Å². The summed E-state index contributed by atoms with van der Waals surface area (Å²) in [6, 6.07) is 0. The van der Waals surface area contributed by atoms with Crippen LogP contribution in [0.2, 0.25) is 0 Å². The minimum atomic E-state index is -0.913. The summed E-state index contributed by atoms with van der Waals surface area (Å²) >= 11 is 0. The Morgan fingerprint density at radius 3 is 1.79 bits per heavy atom. The summed E-state index contributed by atoms with van der Waals surface area (Å²) in [7, 11) is 6.33. The van der Waals surface area contributed by atoms with Crippen molar-refractivity contribution in [1.82, 2.24) is 0 Å². The molecule has 11 nitrogen and oxygen atoms in total. The van der Waals surface area contributed by atoms with E-state index in [0.29, 0.717) is 0 Å². The topological polar surface area (TPSA) is 124 Å². The van der Waals surface area contributed by atoms with Crippen LogP contribution in [0.25, 0.3) is 0 Å². The van der Waals surface area contributed by atoms with E-state index in [1.54, 1.807) is 35.4 Å². The van der Waals surface area contributed by atoms with Gasteiger partial charge in [-0.15, -0.1) is 0 Å². The van der Waals surface area contributed by atoms with Crippen LogP contribution in [0, 0.1) is 11.3 Å². The van der Waals surface area contributed by atoms with Crippen molar-refractivity contribution in [2.24, 2.45) is 11.3 Å². The van der Waals surface area contributed by atoms with Crippen LogP contribution in [0.1, 0.15) is 48.5 Å². The van der Waals surface area contributed by atoms with Gasteiger partial charge in [0.1, 0.15) is 30.5 Å². The van der Waals surface area contributed by atoms with Crippen LogP contribution in [-0.2, 0) is 42.6 Å². The van der Waals surface area contributed by atoms with Crippen LogP contribution < -0.4 is 0 Å². The summed E-state index contributed by atoms with van der Waals surface area (Å²) in [6.45, 7) is 13.6. The third-order valence-electron chi connectivity index (χ3n) is 6.86. The lowest BCUT2D eigenvalue weighted by Gasteiger charge is -2.52. The first-order valence-corrected chi connectivity index (χ1v) is 13.3. The summed E-state index contributed by atoms with van der Waals surface area (Å²) in [6.07, 6.45) is -6.76. The molecule has 0 aliphatic carbocycles. The van der Waals surface area contributed by atoms with Crippen LogP contribution in [0.3, 0.4) is 0 Å². The number of aliphatic hydroxyl groups excluding tert-OH is 2. The van der Waals surface area contributed by atoms with Crippen molar-refractivity contribution >= 4 is 0 Å². The summed E-state index contributed by atoms with van der Waals surface area (Å²) in [5.41, 5.74) is -0.787. The highest BCUT2D eigenvalue weighted by Gasteiger charge is 2.55. The lowest BCUT2D eigenvalue weighted by atomic mass is 9.71. The molecule has 226 valence electrons. The molecule has 2 heterocycles. The maximum absolute atomic E-state index is 10.3. The van der Waals surface area contributed by atoms with Crippen LogP contribution in [0.5, 0.6) is 0 Å². The molecule has 2 rings (SSSR count). The minimum Gasteiger partial charge on any atom is -0.394 e. The second-order valence-corrected chi connectivity index (χ2v) is 12.2. The van der Waals surface area contributed by atoms with Crippen molar-refractivity contribution in [3.8, 4) is 0 Å². The lowest BCUT2D eigenvalue weighted by Crippen LogP contribution is -2.66. The van der Waals surface area contributed by atoms with Crippen molar-refractivity contribution in [1.29, 1.82) is 0 Å². The number of methoxy groups -OCH3 is 4. The van der Waals surface area contributed by atoms with Crippen LogP contribution >= 0.6 is 0 Å². The standard InChI is InChI=1S/C27H52O11/c1-15(29)13-34-23-21(32-10)19(17(14-30-8)36-25(23)38-27(5,6)7)37-24-22(33-11)20(31-9)18(26(2,3)4)16(12-28)35-24/h15-25,28-29H,12-14H2,1-11H3. The Hall–Kier alpha value is -0.440. The molecule has 0 aromatic heterocycles.